The SMILES string of the molecule is CC(C)C(NC(=O)c1nc(Cl)ccc1Cl)c1ccc2c(c1)OCCO2. The van der Waals surface area contributed by atoms with E-state index >= 15 is 0 Å². The highest BCUT2D eigenvalue weighted by Crippen LogP contribution is 2.34. The van der Waals surface area contributed by atoms with E-state index in [0.29, 0.717) is 24.7 Å². The Bertz CT molecular complexity index is 796. The first-order chi connectivity index (χ1) is 12.0. The number of amides is 1. The average Bonchev–Trinajstić information content (AvgIpc) is 2.60. The van der Waals surface area contributed by atoms with Crippen LogP contribution in [0.25, 0.3) is 0 Å². The normalized spacial score (nSPS) is 14.3. The summed E-state index contributed by atoms with van der Waals surface area (Å²) < 4.78 is 11.2. The van der Waals surface area contributed by atoms with Crippen LogP contribution in [0.5, 0.6) is 11.5 Å². The zero-order chi connectivity index (χ0) is 18.0. The highest BCUT2D eigenvalue weighted by molar-refractivity contribution is 6.34. The zero-order valence-corrected chi connectivity index (χ0v) is 15.4. The van der Waals surface area contributed by atoms with Crippen molar-refractivity contribution in [2.24, 2.45) is 5.92 Å². The van der Waals surface area contributed by atoms with Crippen molar-refractivity contribution < 1.29 is 14.3 Å². The van der Waals surface area contributed by atoms with E-state index in [0.717, 1.165) is 5.56 Å². The number of ether oxygens (including phenoxy) is 2. The predicted molar refractivity (Wildman–Crippen MR) is 96.7 cm³/mol. The van der Waals surface area contributed by atoms with Crippen molar-refractivity contribution in [3.8, 4) is 11.5 Å². The van der Waals surface area contributed by atoms with E-state index in [-0.39, 0.29) is 33.7 Å². The van der Waals surface area contributed by atoms with Gasteiger partial charge in [0.25, 0.3) is 5.91 Å². The molecule has 1 aromatic carbocycles. The molecule has 0 aliphatic carbocycles. The van der Waals surface area contributed by atoms with E-state index in [1.54, 1.807) is 12.1 Å². The number of halogens is 2. The van der Waals surface area contributed by atoms with Gasteiger partial charge in [-0.05, 0) is 35.7 Å². The molecule has 0 saturated carbocycles. The first-order valence-electron chi connectivity index (χ1n) is 7.98. The summed E-state index contributed by atoms with van der Waals surface area (Å²) in [4.78, 5) is 16.6. The van der Waals surface area contributed by atoms with E-state index in [4.69, 9.17) is 32.7 Å². The van der Waals surface area contributed by atoms with Crippen molar-refractivity contribution in [3.05, 3.63) is 51.8 Å². The summed E-state index contributed by atoms with van der Waals surface area (Å²) in [5.41, 5.74) is 1.03. The van der Waals surface area contributed by atoms with Crippen LogP contribution in [0, 0.1) is 5.92 Å². The molecule has 1 N–H and O–H groups in total. The van der Waals surface area contributed by atoms with Gasteiger partial charge in [0.2, 0.25) is 0 Å². The topological polar surface area (TPSA) is 60.5 Å². The monoisotopic (exact) mass is 380 g/mol. The van der Waals surface area contributed by atoms with Crippen LogP contribution in [0.2, 0.25) is 10.2 Å². The van der Waals surface area contributed by atoms with Crippen LogP contribution < -0.4 is 14.8 Å². The van der Waals surface area contributed by atoms with Crippen molar-refractivity contribution in [2.45, 2.75) is 19.9 Å². The fourth-order valence-corrected chi connectivity index (χ4v) is 3.01. The molecule has 132 valence electrons. The third kappa shape index (κ3) is 3.99. The smallest absolute Gasteiger partial charge is 0.271 e. The molecule has 1 aromatic heterocycles. The minimum absolute atomic E-state index is 0.109. The van der Waals surface area contributed by atoms with E-state index in [2.05, 4.69) is 10.3 Å². The molecule has 1 amide bonds. The quantitative estimate of drug-likeness (QED) is 0.803. The van der Waals surface area contributed by atoms with E-state index in [1.165, 1.54) is 0 Å². The molecule has 2 aromatic rings. The third-order valence-corrected chi connectivity index (χ3v) is 4.42. The molecule has 2 heterocycles. The molecular formula is C18H18Cl2N2O3. The number of benzene rings is 1. The second kappa shape index (κ2) is 7.50. The number of hydrogen-bond donors (Lipinski definition) is 1. The Hall–Kier alpha value is -1.98. The van der Waals surface area contributed by atoms with Crippen LogP contribution in [0.4, 0.5) is 0 Å². The predicted octanol–water partition coefficient (Wildman–Crippen LogP) is 4.29. The standard InChI is InChI=1S/C18H18Cl2N2O3/c1-10(2)16(11-3-5-13-14(9-11)25-8-7-24-13)22-18(23)17-12(19)4-6-15(20)21-17/h3-6,9-10,16H,7-8H2,1-2H3,(H,22,23). The van der Waals surface area contributed by atoms with Gasteiger partial charge in [0.15, 0.2) is 11.5 Å². The Balaban J connectivity index is 1.86. The number of carbonyl (C=O) groups is 1. The molecule has 0 saturated heterocycles. The van der Waals surface area contributed by atoms with Crippen molar-refractivity contribution in [1.29, 1.82) is 0 Å². The molecule has 1 atom stereocenters. The maximum Gasteiger partial charge on any atom is 0.271 e. The summed E-state index contributed by atoms with van der Waals surface area (Å²) in [6.07, 6.45) is 0. The second-order valence-corrected chi connectivity index (χ2v) is 6.86. The number of rotatable bonds is 4. The Morgan fingerprint density at radius 1 is 1.12 bits per heavy atom. The third-order valence-electron chi connectivity index (χ3n) is 3.91. The Kier molecular flexibility index (Phi) is 5.35. The Morgan fingerprint density at radius 3 is 2.56 bits per heavy atom. The highest BCUT2D eigenvalue weighted by atomic mass is 35.5. The summed E-state index contributed by atoms with van der Waals surface area (Å²) >= 11 is 12.0. The summed E-state index contributed by atoms with van der Waals surface area (Å²) in [7, 11) is 0. The van der Waals surface area contributed by atoms with Gasteiger partial charge in [-0.3, -0.25) is 4.79 Å². The molecule has 1 unspecified atom stereocenters. The van der Waals surface area contributed by atoms with Gasteiger partial charge in [-0.1, -0.05) is 43.1 Å². The van der Waals surface area contributed by atoms with Crippen LogP contribution in [0.3, 0.4) is 0 Å². The number of carbonyl (C=O) groups excluding carboxylic acids is 1. The summed E-state index contributed by atoms with van der Waals surface area (Å²) in [5, 5.41) is 3.46. The maximum absolute atomic E-state index is 12.6. The minimum Gasteiger partial charge on any atom is -0.486 e. The van der Waals surface area contributed by atoms with Crippen LogP contribution in [0.15, 0.2) is 30.3 Å². The first-order valence-corrected chi connectivity index (χ1v) is 8.73. The van der Waals surface area contributed by atoms with Gasteiger partial charge in [0.05, 0.1) is 11.1 Å². The summed E-state index contributed by atoms with van der Waals surface area (Å²) in [6, 6.07) is 8.54. The van der Waals surface area contributed by atoms with E-state index < -0.39 is 0 Å². The molecule has 0 fully saturated rings. The van der Waals surface area contributed by atoms with Crippen molar-refractivity contribution in [1.82, 2.24) is 10.3 Å². The van der Waals surface area contributed by atoms with Gasteiger partial charge in [-0.15, -0.1) is 0 Å². The van der Waals surface area contributed by atoms with E-state index in [9.17, 15) is 4.79 Å². The van der Waals surface area contributed by atoms with Gasteiger partial charge in [-0.25, -0.2) is 4.98 Å². The summed E-state index contributed by atoms with van der Waals surface area (Å²) in [5.74, 6) is 1.16. The maximum atomic E-state index is 12.6. The first kappa shape index (κ1) is 17.8. The molecule has 1 aliphatic rings. The van der Waals surface area contributed by atoms with Crippen molar-refractivity contribution >= 4 is 29.1 Å². The molecule has 3 rings (SSSR count). The number of pyridine rings is 1. The van der Waals surface area contributed by atoms with Gasteiger partial charge in [-0.2, -0.15) is 0 Å². The van der Waals surface area contributed by atoms with Crippen molar-refractivity contribution in [2.75, 3.05) is 13.2 Å². The van der Waals surface area contributed by atoms with Crippen LogP contribution in [-0.2, 0) is 0 Å². The van der Waals surface area contributed by atoms with Crippen molar-refractivity contribution in [3.63, 3.8) is 0 Å². The Labute approximate surface area is 156 Å². The molecule has 25 heavy (non-hydrogen) atoms. The van der Waals surface area contributed by atoms with Gasteiger partial charge < -0.3 is 14.8 Å². The Morgan fingerprint density at radius 2 is 1.84 bits per heavy atom. The zero-order valence-electron chi connectivity index (χ0n) is 13.9. The van der Waals surface area contributed by atoms with Crippen LogP contribution in [-0.4, -0.2) is 24.1 Å². The molecule has 0 spiro atoms. The molecule has 1 aliphatic heterocycles. The largest absolute Gasteiger partial charge is 0.486 e. The number of aromatic nitrogens is 1. The number of fused-ring (bicyclic) bond motifs is 1. The lowest BCUT2D eigenvalue weighted by molar-refractivity contribution is 0.0920. The second-order valence-electron chi connectivity index (χ2n) is 6.06. The average molecular weight is 381 g/mol. The molecule has 7 heteroatoms. The van der Waals surface area contributed by atoms with Gasteiger partial charge in [0, 0.05) is 0 Å². The lowest BCUT2D eigenvalue weighted by Gasteiger charge is -2.25. The minimum atomic E-state index is -0.374. The number of nitrogens with one attached hydrogen (secondary N) is 1. The molecule has 0 radical (unpaired) electrons. The van der Waals surface area contributed by atoms with Crippen LogP contribution in [0.1, 0.15) is 35.9 Å². The molecule has 5 nitrogen and oxygen atoms in total. The number of nitrogens with zero attached hydrogens (tertiary/aromatic N) is 1. The summed E-state index contributed by atoms with van der Waals surface area (Å²) in [6.45, 7) is 5.09. The lowest BCUT2D eigenvalue weighted by atomic mass is 9.95. The lowest BCUT2D eigenvalue weighted by Crippen LogP contribution is -2.32. The van der Waals surface area contributed by atoms with Gasteiger partial charge >= 0.3 is 0 Å². The van der Waals surface area contributed by atoms with E-state index in [1.807, 2.05) is 32.0 Å². The fraction of sp³-hybridized carbons (Fsp3) is 0.333. The number of hydrogen-bond acceptors (Lipinski definition) is 4. The van der Waals surface area contributed by atoms with Gasteiger partial charge in [0.1, 0.15) is 24.1 Å². The fourth-order valence-electron chi connectivity index (χ4n) is 2.68. The molecular weight excluding hydrogens is 363 g/mol. The van der Waals surface area contributed by atoms with Crippen LogP contribution >= 0.6 is 23.2 Å². The highest BCUT2D eigenvalue weighted by Gasteiger charge is 2.23. The molecule has 0 bridgehead atoms.